The predicted molar refractivity (Wildman–Crippen MR) is 385 cm³/mol. The van der Waals surface area contributed by atoms with Gasteiger partial charge in [0.25, 0.3) is 0 Å². The highest BCUT2D eigenvalue weighted by Gasteiger charge is 2.47. The van der Waals surface area contributed by atoms with Crippen molar-refractivity contribution in [3.63, 3.8) is 0 Å². The number of nitrogens with one attached hydrogen (secondary N) is 1. The van der Waals surface area contributed by atoms with E-state index in [4.69, 9.17) is 21.9 Å². The number of aryl methyl sites for hydroxylation is 2. The number of halogens is 1. The smallest absolute Gasteiger partial charge is 0.419 e. The van der Waals surface area contributed by atoms with Gasteiger partial charge >= 0.3 is 6.09 Å². The lowest BCUT2D eigenvalue weighted by Crippen LogP contribution is -2.36. The van der Waals surface area contributed by atoms with Crippen LogP contribution in [0.25, 0.3) is 83.3 Å². The average Bonchev–Trinajstić information content (AvgIpc) is 1.52. The minimum absolute atomic E-state index is 0.00912. The Morgan fingerprint density at radius 3 is 1.42 bits per heavy atom. The highest BCUT2D eigenvalue weighted by molar-refractivity contribution is 6.01. The molecule has 0 amide bonds. The average molecular weight is 1300 g/mol. The molecule has 6 aromatic carbocycles. The van der Waals surface area contributed by atoms with Crippen LogP contribution in [0.5, 0.6) is 0 Å². The van der Waals surface area contributed by atoms with Gasteiger partial charge in [0.1, 0.15) is 11.4 Å². The summed E-state index contributed by atoms with van der Waals surface area (Å²) in [6, 6.07) is 48.0. The van der Waals surface area contributed by atoms with Crippen LogP contribution < -0.4 is 17.2 Å². The van der Waals surface area contributed by atoms with Crippen LogP contribution in [0.3, 0.4) is 0 Å². The summed E-state index contributed by atoms with van der Waals surface area (Å²) in [7, 11) is 3.85. The second-order valence-corrected chi connectivity index (χ2v) is 27.4. The maximum Gasteiger partial charge on any atom is 0.419 e. The molecule has 0 spiro atoms. The number of carbonyl (C=O) groups excluding carboxylic acids is 1. The number of fused-ring (bicyclic) bond motifs is 3. The van der Waals surface area contributed by atoms with E-state index < -0.39 is 11.7 Å². The van der Waals surface area contributed by atoms with Crippen LogP contribution >= 0.6 is 0 Å². The van der Waals surface area contributed by atoms with Crippen LogP contribution in [0.4, 0.5) is 27.0 Å². The van der Waals surface area contributed by atoms with E-state index in [1.54, 1.807) is 58.6 Å². The lowest BCUT2D eigenvalue weighted by atomic mass is 9.59. The number of hydrogen-bond donors (Lipinski definition) is 4. The fourth-order valence-electron chi connectivity index (χ4n) is 15.3. The van der Waals surface area contributed by atoms with Crippen molar-refractivity contribution in [2.24, 2.45) is 14.1 Å². The highest BCUT2D eigenvalue weighted by Crippen LogP contribution is 2.58. The predicted octanol–water partition coefficient (Wildman–Crippen LogP) is 16.3. The van der Waals surface area contributed by atoms with E-state index in [0.29, 0.717) is 5.95 Å². The lowest BCUT2D eigenvalue weighted by Gasteiger charge is -2.44. The van der Waals surface area contributed by atoms with E-state index in [1.807, 2.05) is 82.4 Å². The van der Waals surface area contributed by atoms with E-state index in [2.05, 4.69) is 160 Å². The summed E-state index contributed by atoms with van der Waals surface area (Å²) >= 11 is 0. The number of allylic oxidation sites excluding steroid dienone is 2. The van der Waals surface area contributed by atoms with Gasteiger partial charge in [0.05, 0.1) is 29.3 Å². The summed E-state index contributed by atoms with van der Waals surface area (Å²) < 4.78 is 25.2. The summed E-state index contributed by atoms with van der Waals surface area (Å²) in [6.45, 7) is 5.67. The van der Waals surface area contributed by atoms with E-state index in [-0.39, 0.29) is 34.0 Å². The van der Waals surface area contributed by atoms with E-state index >= 15 is 0 Å². The second kappa shape index (κ2) is 25.0. The van der Waals surface area contributed by atoms with Crippen molar-refractivity contribution in [2.45, 2.75) is 107 Å². The van der Waals surface area contributed by atoms with Crippen molar-refractivity contribution < 1.29 is 13.9 Å². The zero-order valence-corrected chi connectivity index (χ0v) is 55.5. The van der Waals surface area contributed by atoms with Crippen LogP contribution in [0.2, 0.25) is 0 Å². The number of hydrogen-bond acceptors (Lipinski definition) is 13. The molecular weight excluding hydrogens is 1220 g/mol. The van der Waals surface area contributed by atoms with Gasteiger partial charge in [-0.3, -0.25) is 9.36 Å². The number of H-pyrrole nitrogens is 1. The molecule has 0 atom stereocenters. The zero-order valence-electron chi connectivity index (χ0n) is 55.5. The number of aromatic nitrogens is 12. The van der Waals surface area contributed by atoms with Crippen LogP contribution in [0.15, 0.2) is 208 Å². The van der Waals surface area contributed by atoms with Crippen LogP contribution in [0.1, 0.15) is 118 Å². The Kier molecular flexibility index (Phi) is 16.0. The Balaban J connectivity index is 0.000000122. The Bertz CT molecular complexity index is 5130. The highest BCUT2D eigenvalue weighted by atomic mass is 19.1. The quantitative estimate of drug-likeness (QED) is 0.0944. The molecule has 98 heavy (non-hydrogen) atoms. The molecule has 7 N–H and O–H groups in total. The largest absolute Gasteiger partial charge is 0.443 e. The zero-order chi connectivity index (χ0) is 67.5. The van der Waals surface area contributed by atoms with Gasteiger partial charge in [0, 0.05) is 124 Å². The van der Waals surface area contributed by atoms with E-state index in [0.717, 1.165) is 124 Å². The second-order valence-electron chi connectivity index (χ2n) is 27.4. The first-order chi connectivity index (χ1) is 47.5. The molecule has 7 aromatic heterocycles. The molecule has 4 aliphatic carbocycles. The molecule has 0 radical (unpaired) electrons. The molecule has 17 rings (SSSR count). The van der Waals surface area contributed by atoms with Crippen molar-refractivity contribution in [3.8, 4) is 55.9 Å². The summed E-state index contributed by atoms with van der Waals surface area (Å²) in [5.74, 6) is 0.673. The maximum absolute atomic E-state index is 13.9. The number of benzene rings is 6. The normalized spacial score (nSPS) is 15.5. The number of nitrogen functional groups attached to an aromatic ring is 3. The first kappa shape index (κ1) is 62.7. The number of para-hydroxylation sites is 2. The van der Waals surface area contributed by atoms with Crippen LogP contribution in [0, 0.1) is 5.82 Å². The van der Waals surface area contributed by atoms with E-state index in [1.165, 1.54) is 62.8 Å². The van der Waals surface area contributed by atoms with E-state index in [9.17, 15) is 9.18 Å². The standard InChI is InChI=1S/C31H32N6O2.C26H24N6.C23H20FN3/c1-30(2,3)39-29(38)37-25-9-6-5-8-24(25)26(27(37)22-18-35-36(4)19-22)31(14-7-15-31)23-12-10-20(11-13-23)21-16-33-28(32)34-17-21;1-32-16-19(15-30-32)24-23(21-5-2-3-6-22(21)31-24)26(11-4-12-26)20-9-7-17(8-10-20)18-13-28-25(27)29-14-18;24-19-8-4-16-5-9-21(20(16)12-19)23(10-1-11-23)18-6-2-15(3-7-18)17-13-26-22(25)27-14-17/h5-6,8-13,16-19H,7,14-15H2,1-4H3,(H2,32,33,34);2-3,5-10,13-16,31H,4,11-12H2,1H3,(H2,27,28,29);2-4,6-9,12-14H,1,5,10-11H2,(H2,25,26,27). The van der Waals surface area contributed by atoms with Gasteiger partial charge in [0.15, 0.2) is 0 Å². The third kappa shape index (κ3) is 11.4. The molecule has 4 aliphatic rings. The Hall–Kier alpha value is -11.4. The molecule has 7 heterocycles. The number of ether oxygens (including phenoxy) is 1. The van der Waals surface area contributed by atoms with Crippen molar-refractivity contribution in [1.29, 1.82) is 0 Å². The Morgan fingerprint density at radius 2 is 0.959 bits per heavy atom. The first-order valence-corrected chi connectivity index (χ1v) is 33.5. The fourth-order valence-corrected chi connectivity index (χ4v) is 15.3. The number of rotatable bonds is 11. The summed E-state index contributed by atoms with van der Waals surface area (Å²) in [5.41, 5.74) is 38.1. The molecule has 3 fully saturated rings. The number of carbonyl (C=O) groups is 1. The summed E-state index contributed by atoms with van der Waals surface area (Å²) in [6.07, 6.45) is 31.1. The van der Waals surface area contributed by atoms with Crippen molar-refractivity contribution in [2.75, 3.05) is 17.2 Å². The maximum atomic E-state index is 13.9. The van der Waals surface area contributed by atoms with Gasteiger partial charge in [-0.25, -0.2) is 43.7 Å². The molecule has 0 unspecified atom stereocenters. The van der Waals surface area contributed by atoms with Gasteiger partial charge in [-0.15, -0.1) is 0 Å². The van der Waals surface area contributed by atoms with Crippen LogP contribution in [-0.4, -0.2) is 70.7 Å². The fraction of sp³-hybridized carbons (Fsp3) is 0.237. The number of aromatic amines is 1. The first-order valence-electron chi connectivity index (χ1n) is 33.5. The number of nitrogens with zero attached hydrogens (tertiary/aromatic N) is 11. The molecular formula is C80H76FN15O2. The van der Waals surface area contributed by atoms with Crippen molar-refractivity contribution in [1.82, 2.24) is 59.0 Å². The summed E-state index contributed by atoms with van der Waals surface area (Å²) in [5, 5.41) is 11.2. The Morgan fingerprint density at radius 1 is 0.510 bits per heavy atom. The molecule has 13 aromatic rings. The van der Waals surface area contributed by atoms with Gasteiger partial charge in [-0.1, -0.05) is 141 Å². The van der Waals surface area contributed by atoms with Gasteiger partial charge < -0.3 is 26.9 Å². The molecule has 0 bridgehead atoms. The number of nitrogens with two attached hydrogens (primary N) is 3. The SMILES string of the molecule is Cn1cc(-c2[nH]c3ccccc3c2C2(c3ccc(-c4cnc(N)nc4)cc3)CCC2)cn1.Cn1cc(-c2c(C3(c4ccc(-c5cnc(N)nc5)cc4)CCC3)c3ccccc3n2C(=O)OC(C)(C)C)cn1.Nc1ncc(-c2ccc(C3(C4=CCc5ccc(F)cc54)CCC3)cc2)cn1. The van der Waals surface area contributed by atoms with Crippen molar-refractivity contribution in [3.05, 3.63) is 252 Å². The van der Waals surface area contributed by atoms with Gasteiger partial charge in [-0.2, -0.15) is 10.2 Å². The van der Waals surface area contributed by atoms with Crippen molar-refractivity contribution >= 4 is 51.3 Å². The Labute approximate surface area is 567 Å². The number of anilines is 3. The molecule has 3 saturated carbocycles. The minimum Gasteiger partial charge on any atom is -0.443 e. The molecule has 490 valence electrons. The van der Waals surface area contributed by atoms with Gasteiger partial charge in [-0.05, 0) is 151 Å². The molecule has 17 nitrogen and oxygen atoms in total. The third-order valence-corrected chi connectivity index (χ3v) is 20.4. The third-order valence-electron chi connectivity index (χ3n) is 20.4. The monoisotopic (exact) mass is 1300 g/mol. The molecule has 0 aliphatic heterocycles. The molecule has 18 heteroatoms. The van der Waals surface area contributed by atoms with Crippen LogP contribution in [-0.2, 0) is 41.5 Å². The molecule has 0 saturated heterocycles. The topological polar surface area (TPSA) is 238 Å². The summed E-state index contributed by atoms with van der Waals surface area (Å²) in [4.78, 5) is 42.2. The minimum atomic E-state index is -0.634. The lowest BCUT2D eigenvalue weighted by molar-refractivity contribution is 0.0546. The van der Waals surface area contributed by atoms with Gasteiger partial charge in [0.2, 0.25) is 17.8 Å².